The van der Waals surface area contributed by atoms with Crippen molar-refractivity contribution in [3.05, 3.63) is 51.1 Å². The molecule has 1 aromatic heterocycles. The van der Waals surface area contributed by atoms with E-state index < -0.39 is 41.0 Å². The molecule has 9 nitrogen and oxygen atoms in total. The molecule has 0 aliphatic rings. The number of halogens is 4. The van der Waals surface area contributed by atoms with Crippen LogP contribution in [0.25, 0.3) is 0 Å². The average molecular weight is 589 g/mol. The zero-order valence-corrected chi connectivity index (χ0v) is 22.3. The molecule has 0 bridgehead atoms. The van der Waals surface area contributed by atoms with Gasteiger partial charge >= 0.3 is 12.3 Å². The highest BCUT2D eigenvalue weighted by molar-refractivity contribution is 9.10. The molecule has 0 unspecified atom stereocenters. The van der Waals surface area contributed by atoms with Crippen LogP contribution in [0.3, 0.4) is 0 Å². The van der Waals surface area contributed by atoms with Gasteiger partial charge < -0.3 is 25.8 Å². The van der Waals surface area contributed by atoms with Crippen molar-refractivity contribution in [3.8, 4) is 5.75 Å². The lowest BCUT2D eigenvalue weighted by Crippen LogP contribution is -2.32. The predicted molar refractivity (Wildman–Crippen MR) is 133 cm³/mol. The van der Waals surface area contributed by atoms with Crippen molar-refractivity contribution in [3.63, 3.8) is 0 Å². The van der Waals surface area contributed by atoms with Gasteiger partial charge in [0, 0.05) is 23.0 Å². The fourth-order valence-corrected chi connectivity index (χ4v) is 3.38. The number of carbonyl (C=O) groups excluding carboxylic acids is 3. The standard InChI is InChI=1S/C24H28BrF3N4O5/c1-13-17(25)11-15(20(29)34)21(31-13)32-18(33)9-6-10-36-19-14(7-5-8-16(19)24(26,27)28)12-30-22(35)37-23(2,3)4/h5,7-8,11H,6,9-10,12H2,1-4H3,(H2,29,34)(H,30,35)(H,31,32,33). The molecule has 2 rings (SSSR count). The van der Waals surface area contributed by atoms with Crippen LogP contribution in [0.5, 0.6) is 5.75 Å². The van der Waals surface area contributed by atoms with Crippen molar-refractivity contribution in [1.29, 1.82) is 0 Å². The Balaban J connectivity index is 2.06. The van der Waals surface area contributed by atoms with Crippen molar-refractivity contribution in [2.24, 2.45) is 5.73 Å². The topological polar surface area (TPSA) is 133 Å². The lowest BCUT2D eigenvalue weighted by atomic mass is 10.1. The highest BCUT2D eigenvalue weighted by atomic mass is 79.9. The quantitative estimate of drug-likeness (QED) is 0.349. The monoisotopic (exact) mass is 588 g/mol. The van der Waals surface area contributed by atoms with Gasteiger partial charge in [-0.2, -0.15) is 13.2 Å². The predicted octanol–water partition coefficient (Wildman–Crippen LogP) is 5.09. The lowest BCUT2D eigenvalue weighted by molar-refractivity contribution is -0.139. The molecular formula is C24H28BrF3N4O5. The van der Waals surface area contributed by atoms with E-state index in [0.29, 0.717) is 10.2 Å². The number of nitrogens with zero attached hydrogens (tertiary/aromatic N) is 1. The minimum Gasteiger partial charge on any atom is -0.493 e. The molecule has 0 spiro atoms. The third kappa shape index (κ3) is 9.23. The van der Waals surface area contributed by atoms with E-state index in [4.69, 9.17) is 15.2 Å². The van der Waals surface area contributed by atoms with E-state index in [-0.39, 0.29) is 42.9 Å². The Bertz CT molecular complexity index is 1170. The van der Waals surface area contributed by atoms with Gasteiger partial charge in [0.15, 0.2) is 0 Å². The fraction of sp³-hybridized carbons (Fsp3) is 0.417. The Hall–Kier alpha value is -3.35. The van der Waals surface area contributed by atoms with E-state index in [2.05, 4.69) is 31.5 Å². The van der Waals surface area contributed by atoms with Crippen LogP contribution in [0.2, 0.25) is 0 Å². The van der Waals surface area contributed by atoms with Crippen LogP contribution in [0, 0.1) is 6.92 Å². The van der Waals surface area contributed by atoms with Crippen molar-refractivity contribution >= 4 is 39.7 Å². The van der Waals surface area contributed by atoms with Crippen molar-refractivity contribution < 1.29 is 37.0 Å². The number of aromatic nitrogens is 1. The summed E-state index contributed by atoms with van der Waals surface area (Å²) >= 11 is 3.24. The van der Waals surface area contributed by atoms with E-state index in [1.165, 1.54) is 18.2 Å². The van der Waals surface area contributed by atoms with E-state index in [9.17, 15) is 27.6 Å². The number of hydrogen-bond donors (Lipinski definition) is 3. The molecule has 4 N–H and O–H groups in total. The minimum absolute atomic E-state index is 0.00306. The zero-order valence-electron chi connectivity index (χ0n) is 20.7. The van der Waals surface area contributed by atoms with Crippen molar-refractivity contribution in [2.45, 2.75) is 58.9 Å². The molecular weight excluding hydrogens is 561 g/mol. The van der Waals surface area contributed by atoms with Gasteiger partial charge in [0.05, 0.1) is 23.4 Å². The number of pyridine rings is 1. The van der Waals surface area contributed by atoms with Gasteiger partial charge in [-0.25, -0.2) is 9.78 Å². The summed E-state index contributed by atoms with van der Waals surface area (Å²) in [6.07, 6.45) is -5.57. The van der Waals surface area contributed by atoms with E-state index in [0.717, 1.165) is 6.07 Å². The normalized spacial score (nSPS) is 11.6. The molecule has 0 radical (unpaired) electrons. The molecule has 3 amide bonds. The minimum atomic E-state index is -4.70. The first-order valence-electron chi connectivity index (χ1n) is 11.1. The van der Waals surface area contributed by atoms with Crippen LogP contribution in [-0.4, -0.2) is 35.1 Å². The summed E-state index contributed by atoms with van der Waals surface area (Å²) in [7, 11) is 0. The Labute approximate surface area is 220 Å². The fourth-order valence-electron chi connectivity index (χ4n) is 3.06. The summed E-state index contributed by atoms with van der Waals surface area (Å²) in [5.74, 6) is -1.79. The molecule has 202 valence electrons. The molecule has 0 aliphatic heterocycles. The van der Waals surface area contributed by atoms with Gasteiger partial charge in [-0.3, -0.25) is 9.59 Å². The second-order valence-corrected chi connectivity index (χ2v) is 9.82. The molecule has 2 aromatic rings. The number of alkyl halides is 3. The summed E-state index contributed by atoms with van der Waals surface area (Å²) in [5.41, 5.74) is 4.15. The van der Waals surface area contributed by atoms with E-state index >= 15 is 0 Å². The first kappa shape index (κ1) is 29.9. The van der Waals surface area contributed by atoms with Crippen LogP contribution in [0.4, 0.5) is 23.8 Å². The van der Waals surface area contributed by atoms with Crippen LogP contribution in [0.15, 0.2) is 28.7 Å². The second-order valence-electron chi connectivity index (χ2n) is 8.96. The molecule has 1 heterocycles. The smallest absolute Gasteiger partial charge is 0.419 e. The molecule has 0 saturated carbocycles. The van der Waals surface area contributed by atoms with Crippen molar-refractivity contribution in [1.82, 2.24) is 10.3 Å². The van der Waals surface area contributed by atoms with Gasteiger partial charge in [0.1, 0.15) is 17.2 Å². The molecule has 37 heavy (non-hydrogen) atoms. The number of amides is 3. The maximum atomic E-state index is 13.6. The average Bonchev–Trinajstić information content (AvgIpc) is 2.75. The van der Waals surface area contributed by atoms with Gasteiger partial charge in [-0.05, 0) is 62.2 Å². The lowest BCUT2D eigenvalue weighted by Gasteiger charge is -2.21. The Morgan fingerprint density at radius 3 is 2.43 bits per heavy atom. The molecule has 0 atom stereocenters. The van der Waals surface area contributed by atoms with E-state index in [1.54, 1.807) is 27.7 Å². The van der Waals surface area contributed by atoms with Crippen molar-refractivity contribution in [2.75, 3.05) is 11.9 Å². The third-order valence-corrected chi connectivity index (χ3v) is 5.50. The highest BCUT2D eigenvalue weighted by Gasteiger charge is 2.35. The number of nitrogens with one attached hydrogen (secondary N) is 2. The number of para-hydroxylation sites is 1. The molecule has 0 fully saturated rings. The molecule has 0 aliphatic carbocycles. The number of primary amides is 1. The first-order valence-corrected chi connectivity index (χ1v) is 11.9. The van der Waals surface area contributed by atoms with Gasteiger partial charge in [-0.15, -0.1) is 0 Å². The van der Waals surface area contributed by atoms with Crippen LogP contribution in [-0.2, 0) is 22.3 Å². The first-order chi connectivity index (χ1) is 17.1. The number of alkyl carbamates (subject to hydrolysis) is 1. The number of anilines is 1. The molecule has 13 heteroatoms. The highest BCUT2D eigenvalue weighted by Crippen LogP contribution is 2.38. The summed E-state index contributed by atoms with van der Waals surface area (Å²) in [6.45, 7) is 6.14. The zero-order chi connectivity index (χ0) is 28.0. The maximum absolute atomic E-state index is 13.6. The largest absolute Gasteiger partial charge is 0.493 e. The number of carbonyl (C=O) groups is 3. The number of aryl methyl sites for hydroxylation is 1. The summed E-state index contributed by atoms with van der Waals surface area (Å²) < 4.78 is 51.9. The summed E-state index contributed by atoms with van der Waals surface area (Å²) in [5, 5.41) is 4.90. The Morgan fingerprint density at radius 2 is 1.84 bits per heavy atom. The summed E-state index contributed by atoms with van der Waals surface area (Å²) in [4.78, 5) is 40.1. The summed E-state index contributed by atoms with van der Waals surface area (Å²) in [6, 6.07) is 4.90. The van der Waals surface area contributed by atoms with Gasteiger partial charge in [-0.1, -0.05) is 12.1 Å². The molecule has 0 saturated heterocycles. The van der Waals surface area contributed by atoms with Crippen LogP contribution >= 0.6 is 15.9 Å². The number of hydrogen-bond acceptors (Lipinski definition) is 6. The van der Waals surface area contributed by atoms with E-state index in [1.807, 2.05) is 0 Å². The number of rotatable bonds is 9. The second kappa shape index (κ2) is 12.3. The van der Waals surface area contributed by atoms with Crippen LogP contribution in [0.1, 0.15) is 60.8 Å². The van der Waals surface area contributed by atoms with Crippen LogP contribution < -0.4 is 21.1 Å². The van der Waals surface area contributed by atoms with Gasteiger partial charge in [0.2, 0.25) is 5.91 Å². The Morgan fingerprint density at radius 1 is 1.16 bits per heavy atom. The third-order valence-electron chi connectivity index (χ3n) is 4.69. The number of nitrogens with two attached hydrogens (primary N) is 1. The molecule has 1 aromatic carbocycles. The number of benzene rings is 1. The van der Waals surface area contributed by atoms with Gasteiger partial charge in [0.25, 0.3) is 5.91 Å². The number of ether oxygens (including phenoxy) is 2. The maximum Gasteiger partial charge on any atom is 0.419 e. The SMILES string of the molecule is Cc1nc(NC(=O)CCCOc2c(CNC(=O)OC(C)(C)C)cccc2C(F)(F)F)c(C(N)=O)cc1Br. The Kier molecular flexibility index (Phi) is 9.90.